The van der Waals surface area contributed by atoms with Crippen molar-refractivity contribution in [2.75, 3.05) is 17.2 Å². The monoisotopic (exact) mass is 274 g/mol. The Morgan fingerprint density at radius 1 is 1.35 bits per heavy atom. The Balaban J connectivity index is 2.24. The Bertz CT molecular complexity index is 464. The van der Waals surface area contributed by atoms with Gasteiger partial charge >= 0.3 is 0 Å². The topological polar surface area (TPSA) is 46.3 Å². The van der Waals surface area contributed by atoms with E-state index in [2.05, 4.69) is 20.8 Å². The highest BCUT2D eigenvalue weighted by Gasteiger charge is 2.41. The lowest BCUT2D eigenvalue weighted by Gasteiger charge is -2.32. The maximum absolute atomic E-state index is 12.9. The minimum atomic E-state index is 0.122. The molecule has 0 saturated heterocycles. The van der Waals surface area contributed by atoms with Gasteiger partial charge in [0.15, 0.2) is 0 Å². The van der Waals surface area contributed by atoms with Gasteiger partial charge in [0.25, 0.3) is 0 Å². The highest BCUT2D eigenvalue weighted by Crippen LogP contribution is 2.44. The van der Waals surface area contributed by atoms with Crippen LogP contribution in [0.5, 0.6) is 0 Å². The summed E-state index contributed by atoms with van der Waals surface area (Å²) in [6, 6.07) is 7.63. The van der Waals surface area contributed by atoms with E-state index in [-0.39, 0.29) is 17.2 Å². The quantitative estimate of drug-likeness (QED) is 0.848. The maximum Gasteiger partial charge on any atom is 0.230 e. The molecular formula is C17H26N2O. The Hall–Kier alpha value is -1.51. The number of rotatable bonds is 4. The Labute approximate surface area is 122 Å². The Morgan fingerprint density at radius 3 is 2.50 bits per heavy atom. The van der Waals surface area contributed by atoms with Crippen LogP contribution in [0.25, 0.3) is 0 Å². The molecule has 1 aliphatic carbocycles. The van der Waals surface area contributed by atoms with Crippen molar-refractivity contribution < 1.29 is 4.79 Å². The number of nitrogens with two attached hydrogens (primary N) is 1. The van der Waals surface area contributed by atoms with E-state index in [1.54, 1.807) is 0 Å². The van der Waals surface area contributed by atoms with Crippen LogP contribution in [-0.4, -0.2) is 12.5 Å². The van der Waals surface area contributed by atoms with Gasteiger partial charge in [-0.3, -0.25) is 4.79 Å². The molecule has 110 valence electrons. The molecule has 1 fully saturated rings. The van der Waals surface area contributed by atoms with Gasteiger partial charge in [-0.1, -0.05) is 27.2 Å². The van der Waals surface area contributed by atoms with Gasteiger partial charge in [0.2, 0.25) is 5.91 Å². The van der Waals surface area contributed by atoms with Crippen LogP contribution in [0.4, 0.5) is 11.4 Å². The van der Waals surface area contributed by atoms with Crippen molar-refractivity contribution in [2.45, 2.75) is 46.5 Å². The molecule has 20 heavy (non-hydrogen) atoms. The molecule has 1 aliphatic rings. The van der Waals surface area contributed by atoms with E-state index >= 15 is 0 Å². The average molecular weight is 274 g/mol. The predicted octanol–water partition coefficient (Wildman–Crippen LogP) is 3.84. The fraction of sp³-hybridized carbons (Fsp3) is 0.588. The molecule has 1 amide bonds. The van der Waals surface area contributed by atoms with Gasteiger partial charge in [-0.05, 0) is 48.9 Å². The predicted molar refractivity (Wildman–Crippen MR) is 84.6 cm³/mol. The zero-order valence-electron chi connectivity index (χ0n) is 12.9. The first-order valence-corrected chi connectivity index (χ1v) is 7.62. The van der Waals surface area contributed by atoms with Gasteiger partial charge in [0.05, 0.1) is 0 Å². The third kappa shape index (κ3) is 2.97. The molecule has 1 atom stereocenters. The average Bonchev–Trinajstić information content (AvgIpc) is 2.76. The van der Waals surface area contributed by atoms with Crippen molar-refractivity contribution >= 4 is 17.3 Å². The molecule has 3 heteroatoms. The van der Waals surface area contributed by atoms with E-state index in [0.29, 0.717) is 0 Å². The summed E-state index contributed by atoms with van der Waals surface area (Å²) in [5, 5.41) is 0. The second kappa shape index (κ2) is 5.86. The fourth-order valence-electron chi connectivity index (χ4n) is 3.22. The van der Waals surface area contributed by atoms with Crippen molar-refractivity contribution in [1.29, 1.82) is 0 Å². The number of nitrogens with zero attached hydrogens (tertiary/aromatic N) is 1. The highest BCUT2D eigenvalue weighted by atomic mass is 16.2. The zero-order chi connectivity index (χ0) is 14.8. The number of benzene rings is 1. The molecule has 3 nitrogen and oxygen atoms in total. The van der Waals surface area contributed by atoms with E-state index in [9.17, 15) is 4.79 Å². The third-order valence-corrected chi connectivity index (χ3v) is 4.47. The van der Waals surface area contributed by atoms with Crippen molar-refractivity contribution in [1.82, 2.24) is 0 Å². The molecule has 2 N–H and O–H groups in total. The lowest BCUT2D eigenvalue weighted by atomic mass is 9.81. The first-order chi connectivity index (χ1) is 9.45. The molecule has 0 radical (unpaired) electrons. The summed E-state index contributed by atoms with van der Waals surface area (Å²) in [6.07, 6.45) is 4.28. The summed E-state index contributed by atoms with van der Waals surface area (Å²) in [4.78, 5) is 14.9. The summed E-state index contributed by atoms with van der Waals surface area (Å²) in [6.45, 7) is 7.32. The van der Waals surface area contributed by atoms with E-state index in [1.165, 1.54) is 0 Å². The number of hydrogen-bond donors (Lipinski definition) is 1. The molecule has 1 aromatic carbocycles. The summed E-state index contributed by atoms with van der Waals surface area (Å²) in [7, 11) is 0. The van der Waals surface area contributed by atoms with Gasteiger partial charge < -0.3 is 10.6 Å². The molecule has 0 heterocycles. The van der Waals surface area contributed by atoms with Crippen LogP contribution in [0.1, 0.15) is 46.5 Å². The van der Waals surface area contributed by atoms with Crippen LogP contribution in [0, 0.1) is 11.3 Å². The maximum atomic E-state index is 12.9. The molecule has 1 saturated carbocycles. The third-order valence-electron chi connectivity index (χ3n) is 4.47. The molecule has 0 aliphatic heterocycles. The smallest absolute Gasteiger partial charge is 0.230 e. The van der Waals surface area contributed by atoms with E-state index in [4.69, 9.17) is 5.73 Å². The van der Waals surface area contributed by atoms with Crippen LogP contribution < -0.4 is 10.6 Å². The van der Waals surface area contributed by atoms with Crippen LogP contribution in [0.3, 0.4) is 0 Å². The van der Waals surface area contributed by atoms with Crippen molar-refractivity contribution in [2.24, 2.45) is 11.3 Å². The van der Waals surface area contributed by atoms with Gasteiger partial charge in [-0.2, -0.15) is 0 Å². The molecular weight excluding hydrogens is 248 g/mol. The largest absolute Gasteiger partial charge is 0.399 e. The normalized spacial score (nSPS) is 20.9. The lowest BCUT2D eigenvalue weighted by molar-refractivity contribution is -0.124. The second-order valence-corrected chi connectivity index (χ2v) is 6.51. The highest BCUT2D eigenvalue weighted by molar-refractivity contribution is 5.95. The van der Waals surface area contributed by atoms with Gasteiger partial charge in [-0.15, -0.1) is 0 Å². The van der Waals surface area contributed by atoms with Crippen LogP contribution in [0.15, 0.2) is 24.3 Å². The molecule has 0 aromatic heterocycles. The molecule has 1 unspecified atom stereocenters. The molecule has 1 aromatic rings. The summed E-state index contributed by atoms with van der Waals surface area (Å²) in [5.41, 5.74) is 7.56. The van der Waals surface area contributed by atoms with Gasteiger partial charge in [0.1, 0.15) is 0 Å². The van der Waals surface area contributed by atoms with E-state index in [1.807, 2.05) is 29.2 Å². The van der Waals surface area contributed by atoms with Crippen LogP contribution >= 0.6 is 0 Å². The fourth-order valence-corrected chi connectivity index (χ4v) is 3.22. The number of nitrogen functional groups attached to an aromatic ring is 1. The van der Waals surface area contributed by atoms with E-state index in [0.717, 1.165) is 43.6 Å². The zero-order valence-corrected chi connectivity index (χ0v) is 12.9. The summed E-state index contributed by atoms with van der Waals surface area (Å²) >= 11 is 0. The minimum Gasteiger partial charge on any atom is -0.399 e. The summed E-state index contributed by atoms with van der Waals surface area (Å²) in [5.74, 6) is 0.422. The van der Waals surface area contributed by atoms with Crippen molar-refractivity contribution in [3.8, 4) is 0 Å². The van der Waals surface area contributed by atoms with Gasteiger partial charge in [-0.25, -0.2) is 0 Å². The Kier molecular flexibility index (Phi) is 4.36. The van der Waals surface area contributed by atoms with Crippen molar-refractivity contribution in [3.05, 3.63) is 24.3 Å². The number of amides is 1. The lowest BCUT2D eigenvalue weighted by Crippen LogP contribution is -2.40. The number of hydrogen-bond acceptors (Lipinski definition) is 2. The first kappa shape index (κ1) is 14.9. The SMILES string of the molecule is CCCN(C(=O)C1CCCC1(C)C)c1ccc(N)cc1. The Morgan fingerprint density at radius 2 is 2.00 bits per heavy atom. The summed E-state index contributed by atoms with van der Waals surface area (Å²) < 4.78 is 0. The van der Waals surface area contributed by atoms with Crippen LogP contribution in [-0.2, 0) is 4.79 Å². The standard InChI is InChI=1S/C17H26N2O/c1-4-12-19(14-9-7-13(18)8-10-14)16(20)15-6-5-11-17(15,2)3/h7-10,15H,4-6,11-12,18H2,1-3H3. The van der Waals surface area contributed by atoms with E-state index < -0.39 is 0 Å². The number of carbonyl (C=O) groups excluding carboxylic acids is 1. The van der Waals surface area contributed by atoms with Crippen molar-refractivity contribution in [3.63, 3.8) is 0 Å². The minimum absolute atomic E-state index is 0.122. The number of carbonyl (C=O) groups is 1. The van der Waals surface area contributed by atoms with Gasteiger partial charge in [0, 0.05) is 23.8 Å². The molecule has 2 rings (SSSR count). The molecule has 0 spiro atoms. The number of anilines is 2. The van der Waals surface area contributed by atoms with Crippen LogP contribution in [0.2, 0.25) is 0 Å². The first-order valence-electron chi connectivity index (χ1n) is 7.62. The molecule has 0 bridgehead atoms. The second-order valence-electron chi connectivity index (χ2n) is 6.51.